The second-order valence-corrected chi connectivity index (χ2v) is 5.85. The quantitative estimate of drug-likeness (QED) is 0.796. The van der Waals surface area contributed by atoms with Crippen LogP contribution in [0.15, 0.2) is 18.7 Å². The van der Waals surface area contributed by atoms with Crippen LogP contribution in [0.5, 0.6) is 0 Å². The van der Waals surface area contributed by atoms with Crippen LogP contribution in [0.2, 0.25) is 0 Å². The van der Waals surface area contributed by atoms with Crippen LogP contribution in [0, 0.1) is 5.92 Å². The van der Waals surface area contributed by atoms with Crippen molar-refractivity contribution >= 4 is 5.69 Å². The van der Waals surface area contributed by atoms with Gasteiger partial charge in [0.05, 0.1) is 18.1 Å². The molecule has 2 aliphatic rings. The fourth-order valence-electron chi connectivity index (χ4n) is 3.35. The molecule has 3 heterocycles. The zero-order valence-corrected chi connectivity index (χ0v) is 11.3. The molecule has 0 amide bonds. The van der Waals surface area contributed by atoms with Crippen molar-refractivity contribution in [2.24, 2.45) is 5.92 Å². The van der Waals surface area contributed by atoms with Crippen LogP contribution in [0.25, 0.3) is 0 Å². The Labute approximate surface area is 109 Å². The first-order chi connectivity index (χ1) is 8.75. The van der Waals surface area contributed by atoms with Gasteiger partial charge in [-0.1, -0.05) is 13.8 Å². The molecule has 0 saturated carbocycles. The van der Waals surface area contributed by atoms with E-state index in [1.165, 1.54) is 31.6 Å². The molecule has 4 nitrogen and oxygen atoms in total. The van der Waals surface area contributed by atoms with Crippen molar-refractivity contribution < 1.29 is 0 Å². The van der Waals surface area contributed by atoms with E-state index in [0.29, 0.717) is 12.0 Å². The predicted octanol–water partition coefficient (Wildman–Crippen LogP) is 1.79. The third kappa shape index (κ3) is 2.09. The molecule has 0 N–H and O–H groups in total. The fraction of sp³-hybridized carbons (Fsp3) is 0.714. The van der Waals surface area contributed by atoms with E-state index in [1.807, 2.05) is 12.4 Å². The molecule has 18 heavy (non-hydrogen) atoms. The largest absolute Gasteiger partial charge is 0.363 e. The Hall–Kier alpha value is -1.16. The molecule has 98 valence electrons. The summed E-state index contributed by atoms with van der Waals surface area (Å²) in [5, 5.41) is 0. The SMILES string of the molecule is CC(C)C1CN2CCCC2CN1c1cncnc1. The van der Waals surface area contributed by atoms with E-state index in [9.17, 15) is 0 Å². The Kier molecular flexibility index (Phi) is 3.20. The Bertz CT molecular complexity index is 392. The van der Waals surface area contributed by atoms with E-state index in [4.69, 9.17) is 0 Å². The van der Waals surface area contributed by atoms with Crippen LogP contribution in [0.4, 0.5) is 5.69 Å². The number of fused-ring (bicyclic) bond motifs is 1. The molecule has 3 rings (SSSR count). The van der Waals surface area contributed by atoms with Crippen LogP contribution in [0.1, 0.15) is 26.7 Å². The van der Waals surface area contributed by atoms with Gasteiger partial charge in [-0.25, -0.2) is 9.97 Å². The number of hydrogen-bond donors (Lipinski definition) is 0. The Balaban J connectivity index is 1.85. The smallest absolute Gasteiger partial charge is 0.115 e. The van der Waals surface area contributed by atoms with Gasteiger partial charge in [0.25, 0.3) is 0 Å². The van der Waals surface area contributed by atoms with Crippen molar-refractivity contribution in [2.75, 3.05) is 24.5 Å². The summed E-state index contributed by atoms with van der Waals surface area (Å²) < 4.78 is 0. The van der Waals surface area contributed by atoms with E-state index >= 15 is 0 Å². The van der Waals surface area contributed by atoms with Crippen LogP contribution in [0.3, 0.4) is 0 Å². The second-order valence-electron chi connectivity index (χ2n) is 5.85. The van der Waals surface area contributed by atoms with Crippen molar-refractivity contribution in [1.29, 1.82) is 0 Å². The normalized spacial score (nSPS) is 28.7. The summed E-state index contributed by atoms with van der Waals surface area (Å²) in [6.45, 7) is 8.25. The van der Waals surface area contributed by atoms with E-state index in [0.717, 1.165) is 12.6 Å². The lowest BCUT2D eigenvalue weighted by Gasteiger charge is -2.46. The Morgan fingerprint density at radius 3 is 2.72 bits per heavy atom. The average molecular weight is 246 g/mol. The van der Waals surface area contributed by atoms with Crippen molar-refractivity contribution in [1.82, 2.24) is 14.9 Å². The Morgan fingerprint density at radius 1 is 1.22 bits per heavy atom. The highest BCUT2D eigenvalue weighted by Gasteiger charge is 2.37. The summed E-state index contributed by atoms with van der Waals surface area (Å²) in [4.78, 5) is 13.5. The van der Waals surface area contributed by atoms with Gasteiger partial charge >= 0.3 is 0 Å². The summed E-state index contributed by atoms with van der Waals surface area (Å²) in [7, 11) is 0. The molecular weight excluding hydrogens is 224 g/mol. The molecule has 0 aliphatic carbocycles. The highest BCUT2D eigenvalue weighted by Crippen LogP contribution is 2.30. The molecule has 0 spiro atoms. The molecule has 0 bridgehead atoms. The molecule has 2 fully saturated rings. The second kappa shape index (κ2) is 4.84. The van der Waals surface area contributed by atoms with Gasteiger partial charge in [0.15, 0.2) is 0 Å². The molecule has 2 saturated heterocycles. The van der Waals surface area contributed by atoms with Gasteiger partial charge in [-0.05, 0) is 25.3 Å². The van der Waals surface area contributed by atoms with E-state index in [2.05, 4.69) is 33.6 Å². The molecule has 2 aliphatic heterocycles. The highest BCUT2D eigenvalue weighted by atomic mass is 15.3. The predicted molar refractivity (Wildman–Crippen MR) is 72.6 cm³/mol. The van der Waals surface area contributed by atoms with Gasteiger partial charge in [0.1, 0.15) is 6.33 Å². The highest BCUT2D eigenvalue weighted by molar-refractivity contribution is 5.44. The minimum atomic E-state index is 0.588. The molecule has 2 atom stereocenters. The number of anilines is 1. The maximum Gasteiger partial charge on any atom is 0.115 e. The summed E-state index contributed by atoms with van der Waals surface area (Å²) in [6.07, 6.45) is 8.21. The summed E-state index contributed by atoms with van der Waals surface area (Å²) in [5.74, 6) is 0.659. The molecule has 1 aromatic rings. The van der Waals surface area contributed by atoms with Crippen LogP contribution < -0.4 is 4.90 Å². The Morgan fingerprint density at radius 2 is 2.00 bits per heavy atom. The van der Waals surface area contributed by atoms with Gasteiger partial charge in [-0.2, -0.15) is 0 Å². The molecule has 0 aromatic carbocycles. The summed E-state index contributed by atoms with van der Waals surface area (Å²) >= 11 is 0. The standard InChI is InChI=1S/C14H22N4/c1-11(2)14-9-17-5-3-4-12(17)8-18(14)13-6-15-10-16-7-13/h6-7,10-12,14H,3-5,8-9H2,1-2H3. The number of piperazine rings is 1. The first-order valence-electron chi connectivity index (χ1n) is 7.01. The topological polar surface area (TPSA) is 32.3 Å². The van der Waals surface area contributed by atoms with Crippen molar-refractivity contribution in [2.45, 2.75) is 38.8 Å². The van der Waals surface area contributed by atoms with Gasteiger partial charge in [0, 0.05) is 25.2 Å². The fourth-order valence-corrected chi connectivity index (χ4v) is 3.35. The lowest BCUT2D eigenvalue weighted by atomic mass is 9.97. The van der Waals surface area contributed by atoms with E-state index in [-0.39, 0.29) is 0 Å². The van der Waals surface area contributed by atoms with Gasteiger partial charge in [0.2, 0.25) is 0 Å². The molecule has 1 aromatic heterocycles. The lowest BCUT2D eigenvalue weighted by Crippen LogP contribution is -2.58. The number of nitrogens with zero attached hydrogens (tertiary/aromatic N) is 4. The van der Waals surface area contributed by atoms with Gasteiger partial charge < -0.3 is 4.90 Å². The number of aromatic nitrogens is 2. The van der Waals surface area contributed by atoms with Crippen LogP contribution in [-0.4, -0.2) is 46.6 Å². The third-order valence-corrected chi connectivity index (χ3v) is 4.38. The number of hydrogen-bond acceptors (Lipinski definition) is 4. The zero-order chi connectivity index (χ0) is 12.5. The van der Waals surface area contributed by atoms with Crippen molar-refractivity contribution in [3.63, 3.8) is 0 Å². The van der Waals surface area contributed by atoms with E-state index in [1.54, 1.807) is 6.33 Å². The molecule has 0 radical (unpaired) electrons. The number of rotatable bonds is 2. The summed E-state index contributed by atoms with van der Waals surface area (Å²) in [6, 6.07) is 1.32. The van der Waals surface area contributed by atoms with E-state index < -0.39 is 0 Å². The van der Waals surface area contributed by atoms with Crippen LogP contribution >= 0.6 is 0 Å². The zero-order valence-electron chi connectivity index (χ0n) is 11.3. The average Bonchev–Trinajstić information content (AvgIpc) is 2.85. The monoisotopic (exact) mass is 246 g/mol. The molecular formula is C14H22N4. The van der Waals surface area contributed by atoms with Crippen molar-refractivity contribution in [3.05, 3.63) is 18.7 Å². The van der Waals surface area contributed by atoms with Crippen LogP contribution in [-0.2, 0) is 0 Å². The minimum absolute atomic E-state index is 0.588. The molecule has 2 unspecified atom stereocenters. The van der Waals surface area contributed by atoms with Crippen molar-refractivity contribution in [3.8, 4) is 0 Å². The first kappa shape index (κ1) is 11.9. The first-order valence-corrected chi connectivity index (χ1v) is 7.01. The third-order valence-electron chi connectivity index (χ3n) is 4.38. The maximum absolute atomic E-state index is 4.17. The van der Waals surface area contributed by atoms with Gasteiger partial charge in [-0.3, -0.25) is 4.90 Å². The lowest BCUT2D eigenvalue weighted by molar-refractivity contribution is 0.176. The minimum Gasteiger partial charge on any atom is -0.363 e. The van der Waals surface area contributed by atoms with Gasteiger partial charge in [-0.15, -0.1) is 0 Å². The summed E-state index contributed by atoms with van der Waals surface area (Å²) in [5.41, 5.74) is 1.18. The molecule has 4 heteroatoms. The maximum atomic E-state index is 4.17.